The van der Waals surface area contributed by atoms with Crippen LogP contribution in [0.25, 0.3) is 0 Å². The van der Waals surface area contributed by atoms with Crippen LogP contribution in [0.1, 0.15) is 23.4 Å². The summed E-state index contributed by atoms with van der Waals surface area (Å²) < 4.78 is 13.6. The Morgan fingerprint density at radius 1 is 1.10 bits per heavy atom. The maximum atomic E-state index is 5.72. The van der Waals surface area contributed by atoms with Crippen molar-refractivity contribution < 1.29 is 9.47 Å². The fourth-order valence-corrected chi connectivity index (χ4v) is 2.58. The second kappa shape index (κ2) is 5.72. The van der Waals surface area contributed by atoms with Crippen LogP contribution in [-0.2, 0) is 13.6 Å². The number of nitrogens with zero attached hydrogens (tertiary/aromatic N) is 1. The van der Waals surface area contributed by atoms with Gasteiger partial charge in [-0.3, -0.25) is 0 Å². The lowest BCUT2D eigenvalue weighted by Crippen LogP contribution is -2.02. The van der Waals surface area contributed by atoms with Crippen molar-refractivity contribution in [2.75, 3.05) is 18.5 Å². The van der Waals surface area contributed by atoms with Crippen molar-refractivity contribution in [1.29, 1.82) is 0 Å². The second-order valence-corrected chi connectivity index (χ2v) is 5.52. The van der Waals surface area contributed by atoms with E-state index >= 15 is 0 Å². The molecule has 1 aromatic heterocycles. The first-order valence-corrected chi connectivity index (χ1v) is 7.40. The van der Waals surface area contributed by atoms with E-state index in [4.69, 9.17) is 9.47 Å². The molecule has 0 aliphatic carbocycles. The van der Waals surface area contributed by atoms with Crippen LogP contribution < -0.4 is 14.8 Å². The molecular formula is C17H22N2O2. The molecular weight excluding hydrogens is 264 g/mol. The molecule has 1 aliphatic rings. The minimum absolute atomic E-state index is 0.716. The zero-order chi connectivity index (χ0) is 14.8. The normalized spacial score (nSPS) is 13.9. The quantitative estimate of drug-likeness (QED) is 0.939. The monoisotopic (exact) mass is 286 g/mol. The predicted molar refractivity (Wildman–Crippen MR) is 84.3 cm³/mol. The molecule has 0 fully saturated rings. The summed E-state index contributed by atoms with van der Waals surface area (Å²) >= 11 is 0. The van der Waals surface area contributed by atoms with Gasteiger partial charge in [0.15, 0.2) is 11.5 Å². The number of benzene rings is 1. The van der Waals surface area contributed by atoms with Gasteiger partial charge in [-0.1, -0.05) is 0 Å². The standard InChI is InChI=1S/C17H22N2O2/c1-12-9-14(13(2)19(12)3)11-18-15-5-6-16-17(10-15)21-8-4-7-20-16/h5-6,9-10,18H,4,7-8,11H2,1-3H3. The number of nitrogens with one attached hydrogen (secondary N) is 1. The zero-order valence-corrected chi connectivity index (χ0v) is 12.9. The number of rotatable bonds is 3. The van der Waals surface area contributed by atoms with E-state index in [2.05, 4.69) is 36.8 Å². The highest BCUT2D eigenvalue weighted by atomic mass is 16.5. The van der Waals surface area contributed by atoms with E-state index in [1.807, 2.05) is 18.2 Å². The van der Waals surface area contributed by atoms with Gasteiger partial charge in [-0.25, -0.2) is 0 Å². The maximum absolute atomic E-state index is 5.72. The van der Waals surface area contributed by atoms with Crippen LogP contribution in [0.15, 0.2) is 24.3 Å². The van der Waals surface area contributed by atoms with Crippen molar-refractivity contribution in [3.8, 4) is 11.5 Å². The van der Waals surface area contributed by atoms with Crippen molar-refractivity contribution in [2.45, 2.75) is 26.8 Å². The smallest absolute Gasteiger partial charge is 0.163 e. The average molecular weight is 286 g/mol. The first-order chi connectivity index (χ1) is 10.1. The SMILES string of the molecule is Cc1cc(CNc2ccc3c(c2)OCCCO3)c(C)n1C. The molecule has 4 heteroatoms. The van der Waals surface area contributed by atoms with E-state index in [-0.39, 0.29) is 0 Å². The van der Waals surface area contributed by atoms with Gasteiger partial charge in [0.2, 0.25) is 0 Å². The number of aromatic nitrogens is 1. The predicted octanol–water partition coefficient (Wildman–Crippen LogP) is 3.42. The van der Waals surface area contributed by atoms with E-state index in [1.54, 1.807) is 0 Å². The van der Waals surface area contributed by atoms with Gasteiger partial charge in [0.25, 0.3) is 0 Å². The fourth-order valence-electron chi connectivity index (χ4n) is 2.58. The van der Waals surface area contributed by atoms with Gasteiger partial charge < -0.3 is 19.4 Å². The molecule has 0 unspecified atom stereocenters. The van der Waals surface area contributed by atoms with Crippen LogP contribution in [0, 0.1) is 13.8 Å². The van der Waals surface area contributed by atoms with Gasteiger partial charge in [-0.15, -0.1) is 0 Å². The van der Waals surface area contributed by atoms with E-state index in [0.717, 1.165) is 36.8 Å². The molecule has 21 heavy (non-hydrogen) atoms. The van der Waals surface area contributed by atoms with Gasteiger partial charge in [-0.2, -0.15) is 0 Å². The van der Waals surface area contributed by atoms with Crippen LogP contribution in [0.5, 0.6) is 11.5 Å². The summed E-state index contributed by atoms with van der Waals surface area (Å²) in [4.78, 5) is 0. The van der Waals surface area contributed by atoms with Gasteiger partial charge in [-0.05, 0) is 37.6 Å². The summed E-state index contributed by atoms with van der Waals surface area (Å²) in [5.41, 5.74) is 4.96. The largest absolute Gasteiger partial charge is 0.490 e. The molecule has 0 saturated heterocycles. The summed E-state index contributed by atoms with van der Waals surface area (Å²) in [6.07, 6.45) is 0.930. The van der Waals surface area contributed by atoms with Crippen LogP contribution in [0.4, 0.5) is 5.69 Å². The summed E-state index contributed by atoms with van der Waals surface area (Å²) in [6, 6.07) is 8.27. The third kappa shape index (κ3) is 2.84. The van der Waals surface area contributed by atoms with Gasteiger partial charge in [0.05, 0.1) is 13.2 Å². The first kappa shape index (κ1) is 13.9. The minimum atomic E-state index is 0.716. The highest BCUT2D eigenvalue weighted by Gasteiger charge is 2.11. The third-order valence-electron chi connectivity index (χ3n) is 4.11. The highest BCUT2D eigenvalue weighted by Crippen LogP contribution is 2.32. The number of hydrogen-bond donors (Lipinski definition) is 1. The van der Waals surface area contributed by atoms with Crippen molar-refractivity contribution >= 4 is 5.69 Å². The summed E-state index contributed by atoms with van der Waals surface area (Å²) in [5, 5.41) is 3.46. The van der Waals surface area contributed by atoms with Gasteiger partial charge in [0, 0.05) is 43.2 Å². The summed E-state index contributed by atoms with van der Waals surface area (Å²) in [5.74, 6) is 1.67. The Balaban J connectivity index is 1.73. The lowest BCUT2D eigenvalue weighted by molar-refractivity contribution is 0.297. The number of anilines is 1. The molecule has 0 amide bonds. The summed E-state index contributed by atoms with van der Waals surface area (Å²) in [6.45, 7) is 6.53. The fraction of sp³-hybridized carbons (Fsp3) is 0.412. The van der Waals surface area contributed by atoms with Gasteiger partial charge >= 0.3 is 0 Å². The zero-order valence-electron chi connectivity index (χ0n) is 12.9. The number of aryl methyl sites for hydroxylation is 1. The van der Waals surface area contributed by atoms with E-state index in [0.29, 0.717) is 6.61 Å². The van der Waals surface area contributed by atoms with Crippen LogP contribution in [-0.4, -0.2) is 17.8 Å². The van der Waals surface area contributed by atoms with E-state index in [9.17, 15) is 0 Å². The molecule has 1 aromatic carbocycles. The number of ether oxygens (including phenoxy) is 2. The third-order valence-corrected chi connectivity index (χ3v) is 4.11. The molecule has 3 rings (SSSR count). The van der Waals surface area contributed by atoms with Crippen LogP contribution >= 0.6 is 0 Å². The van der Waals surface area contributed by atoms with Crippen LogP contribution in [0.2, 0.25) is 0 Å². The van der Waals surface area contributed by atoms with E-state index in [1.165, 1.54) is 17.0 Å². The molecule has 1 N–H and O–H groups in total. The Morgan fingerprint density at radius 2 is 1.86 bits per heavy atom. The molecule has 2 aromatic rings. The molecule has 0 atom stereocenters. The molecule has 2 heterocycles. The molecule has 112 valence electrons. The molecule has 0 radical (unpaired) electrons. The van der Waals surface area contributed by atoms with Crippen molar-refractivity contribution in [2.24, 2.45) is 7.05 Å². The highest BCUT2D eigenvalue weighted by molar-refractivity contribution is 5.55. The Morgan fingerprint density at radius 3 is 2.57 bits per heavy atom. The van der Waals surface area contributed by atoms with Gasteiger partial charge in [0.1, 0.15) is 0 Å². The molecule has 1 aliphatic heterocycles. The topological polar surface area (TPSA) is 35.4 Å². The summed E-state index contributed by atoms with van der Waals surface area (Å²) in [7, 11) is 2.10. The van der Waals surface area contributed by atoms with Crippen molar-refractivity contribution in [3.63, 3.8) is 0 Å². The minimum Gasteiger partial charge on any atom is -0.490 e. The average Bonchev–Trinajstić information content (AvgIpc) is 2.69. The van der Waals surface area contributed by atoms with Crippen molar-refractivity contribution in [1.82, 2.24) is 4.57 Å². The molecule has 4 nitrogen and oxygen atoms in total. The second-order valence-electron chi connectivity index (χ2n) is 5.52. The lowest BCUT2D eigenvalue weighted by Gasteiger charge is -2.11. The van der Waals surface area contributed by atoms with E-state index < -0.39 is 0 Å². The lowest BCUT2D eigenvalue weighted by atomic mass is 10.2. The molecule has 0 bridgehead atoms. The molecule has 0 saturated carbocycles. The van der Waals surface area contributed by atoms with Crippen molar-refractivity contribution in [3.05, 3.63) is 41.2 Å². The Kier molecular flexibility index (Phi) is 3.78. The Hall–Kier alpha value is -2.10. The van der Waals surface area contributed by atoms with Crippen LogP contribution in [0.3, 0.4) is 0 Å². The number of fused-ring (bicyclic) bond motifs is 1. The maximum Gasteiger partial charge on any atom is 0.163 e. The number of hydrogen-bond acceptors (Lipinski definition) is 3. The Labute approximate surface area is 125 Å². The first-order valence-electron chi connectivity index (χ1n) is 7.40. The molecule has 0 spiro atoms. The Bertz CT molecular complexity index is 646.